The van der Waals surface area contributed by atoms with E-state index in [0.29, 0.717) is 6.07 Å². The van der Waals surface area contributed by atoms with Gasteiger partial charge in [0.15, 0.2) is 5.75 Å². The molecular formula is C35H27ClCuN10Na3O14S3+5. The predicted octanol–water partition coefficient (Wildman–Crippen LogP) is -3.18. The summed E-state index contributed by atoms with van der Waals surface area (Å²) < 4.78 is 102. The molecule has 0 bridgehead atoms. The molecule has 2 heterocycles. The number of carbonyl (C=O) groups is 2. The fourth-order valence-electron chi connectivity index (χ4n) is 5.18. The summed E-state index contributed by atoms with van der Waals surface area (Å²) in [7, 11) is -14.6. The third-order valence-electron chi connectivity index (χ3n) is 8.14. The molecule has 6 aromatic rings. The molecule has 335 valence electrons. The molecule has 67 heavy (non-hydrogen) atoms. The fraction of sp³-hybridized carbons (Fsp3) is 0.0286. The van der Waals surface area contributed by atoms with Crippen LogP contribution in [0.5, 0.6) is 5.75 Å². The third-order valence-corrected chi connectivity index (χ3v) is 11.0. The number of aromatic carboxylic acids is 2. The van der Waals surface area contributed by atoms with Crippen LogP contribution in [-0.2, 0) is 47.4 Å². The summed E-state index contributed by atoms with van der Waals surface area (Å²) in [6.45, 7) is 0. The van der Waals surface area contributed by atoms with Crippen LogP contribution in [0, 0.1) is 0 Å². The van der Waals surface area contributed by atoms with Crippen molar-refractivity contribution in [3.8, 4) is 11.7 Å². The number of azo groups is 2. The van der Waals surface area contributed by atoms with Crippen molar-refractivity contribution in [3.05, 3.63) is 125 Å². The number of aromatic nitrogens is 4. The molecule has 0 aliphatic rings. The number of hydrogen-bond donors (Lipinski definition) is 8. The Hall–Kier alpha value is -3.88. The minimum atomic E-state index is -5.09. The van der Waals surface area contributed by atoms with Crippen molar-refractivity contribution in [1.29, 1.82) is 0 Å². The van der Waals surface area contributed by atoms with E-state index >= 15 is 0 Å². The van der Waals surface area contributed by atoms with Gasteiger partial charge in [0.05, 0.1) is 54.6 Å². The van der Waals surface area contributed by atoms with Gasteiger partial charge in [-0.15, -0.1) is 10.1 Å². The molecule has 1 radical (unpaired) electrons. The Bertz CT molecular complexity index is 3250. The summed E-state index contributed by atoms with van der Waals surface area (Å²) in [4.78, 5) is 34.1. The monoisotopic (exact) mass is 1070 g/mol. The van der Waals surface area contributed by atoms with E-state index in [1.807, 2.05) is 0 Å². The number of carboxylic acids is 2. The van der Waals surface area contributed by atoms with E-state index < -0.39 is 103 Å². The van der Waals surface area contributed by atoms with Gasteiger partial charge in [0, 0.05) is 22.6 Å². The minimum Gasteiger partial charge on any atom is -0.504 e. The first-order valence-corrected chi connectivity index (χ1v) is 21.6. The zero-order valence-corrected chi connectivity index (χ0v) is 44.5. The second kappa shape index (κ2) is 24.6. The first kappa shape index (κ1) is 59.2. The second-order valence-corrected chi connectivity index (χ2v) is 17.1. The van der Waals surface area contributed by atoms with Crippen LogP contribution in [0.4, 0.5) is 34.6 Å². The SMILES string of the molecule is O=C(O)c1ccc[n+](-c2nc(Nc3cc(S(=O)(=O)O)ccc3Cl)nc(Nc3cc(S(=O)(=O)O)cc(N=NC(N=Nc4cc(S(=O)(=O)O)ccc4C(=O)O)c4ccccc4)c3O)n2)c1.[Cu].[H+].[Na+].[Na+].[Na+]. The zero-order valence-electron chi connectivity index (χ0n) is 35.3. The van der Waals surface area contributed by atoms with Crippen LogP contribution >= 0.6 is 11.6 Å². The molecule has 4 aromatic carbocycles. The Kier molecular flexibility index (Phi) is 21.8. The van der Waals surface area contributed by atoms with Crippen LogP contribution in [0.15, 0.2) is 139 Å². The zero-order chi connectivity index (χ0) is 45.9. The van der Waals surface area contributed by atoms with Gasteiger partial charge in [-0.25, -0.2) is 14.2 Å². The molecule has 32 heteroatoms. The summed E-state index contributed by atoms with van der Waals surface area (Å²) in [5.74, 6) is -4.98. The number of nitrogens with one attached hydrogen (secondary N) is 2. The molecule has 0 aliphatic carbocycles. The first-order chi connectivity index (χ1) is 29.6. The number of pyridine rings is 1. The van der Waals surface area contributed by atoms with Crippen LogP contribution in [0.1, 0.15) is 33.9 Å². The standard InChI is InChI=1S/C35H25ClN10O14S3.Cu.3Na/c36-24-11-9-21(62(55,56)57)14-26(24)37-33-39-34(41-35(40-33)46-12-4-7-19(17-46)31(48)49)38-27-15-22(63(58,59)60)16-28(29(27)47)43-45-30(18-5-2-1-3-6-18)44-42-25-13-20(61(52,53)54)8-10-23(25)32(50)51;;;;/h1-17,30H,(H7-,37,38,39,40,41,42,43,44,45,47,48,49,50,51,52,53,54,55,56,57,58,59,60);;;;/q;;3*+1/p+2. The number of halogens is 1. The number of nitrogens with zero attached hydrogens (tertiary/aromatic N) is 8. The topological polar surface area (TPSA) is 374 Å². The first-order valence-electron chi connectivity index (χ1n) is 16.9. The summed E-state index contributed by atoms with van der Waals surface area (Å²) in [5.41, 5.74) is -2.39. The average molecular weight is 1080 g/mol. The molecule has 0 amide bonds. The van der Waals surface area contributed by atoms with Crippen molar-refractivity contribution in [2.75, 3.05) is 10.6 Å². The largest absolute Gasteiger partial charge is 1.00 e. The molecule has 1 unspecified atom stereocenters. The van der Waals surface area contributed by atoms with E-state index in [2.05, 4.69) is 46.0 Å². The molecule has 0 saturated heterocycles. The fourth-order valence-corrected chi connectivity index (χ4v) is 6.88. The average Bonchev–Trinajstić information content (AvgIpc) is 3.21. The Labute approximate surface area is 462 Å². The molecule has 0 saturated carbocycles. The maximum Gasteiger partial charge on any atom is 1.00 e. The van der Waals surface area contributed by atoms with Crippen molar-refractivity contribution < 1.29 is 176 Å². The molecule has 8 N–H and O–H groups in total. The van der Waals surface area contributed by atoms with Crippen molar-refractivity contribution in [2.24, 2.45) is 20.5 Å². The van der Waals surface area contributed by atoms with Gasteiger partial charge in [-0.05, 0) is 70.6 Å². The van der Waals surface area contributed by atoms with E-state index in [4.69, 9.17) is 11.6 Å². The van der Waals surface area contributed by atoms with E-state index in [0.717, 1.165) is 53.2 Å². The second-order valence-electron chi connectivity index (χ2n) is 12.4. The van der Waals surface area contributed by atoms with Crippen LogP contribution in [-0.4, -0.2) is 81.1 Å². The smallest absolute Gasteiger partial charge is 0.504 e. The van der Waals surface area contributed by atoms with Gasteiger partial charge in [0.2, 0.25) is 6.17 Å². The summed E-state index contributed by atoms with van der Waals surface area (Å²) in [5, 5.41) is 51.6. The van der Waals surface area contributed by atoms with Crippen molar-refractivity contribution in [3.63, 3.8) is 0 Å². The summed E-state index contributed by atoms with van der Waals surface area (Å²) in [6, 6.07) is 17.2. The van der Waals surface area contributed by atoms with Crippen LogP contribution in [0.2, 0.25) is 5.02 Å². The Morgan fingerprint density at radius 1 is 0.657 bits per heavy atom. The van der Waals surface area contributed by atoms with Gasteiger partial charge in [-0.1, -0.05) is 41.9 Å². The number of phenolic OH excluding ortho intramolecular Hbond substituents is 1. The Morgan fingerprint density at radius 3 is 1.75 bits per heavy atom. The van der Waals surface area contributed by atoms with Gasteiger partial charge in [0.1, 0.15) is 11.4 Å². The number of hydrogen-bond acceptors (Lipinski definition) is 18. The van der Waals surface area contributed by atoms with E-state index in [-0.39, 0.29) is 135 Å². The third kappa shape index (κ3) is 15.6. The number of anilines is 4. The molecule has 0 spiro atoms. The molecule has 6 rings (SSSR count). The van der Waals surface area contributed by atoms with Crippen molar-refractivity contribution in [2.45, 2.75) is 20.9 Å². The number of carboxylic acid groups (broad SMARTS) is 2. The van der Waals surface area contributed by atoms with Gasteiger partial charge >= 0.3 is 120 Å². The van der Waals surface area contributed by atoms with E-state index in [1.165, 1.54) is 30.5 Å². The maximum atomic E-state index is 12.5. The van der Waals surface area contributed by atoms with Gasteiger partial charge in [0.25, 0.3) is 30.4 Å². The quantitative estimate of drug-likeness (QED) is 0.0165. The van der Waals surface area contributed by atoms with Crippen LogP contribution in [0.25, 0.3) is 5.95 Å². The molecular weight excluding hydrogens is 1050 g/mol. The number of rotatable bonds is 15. The van der Waals surface area contributed by atoms with E-state index in [9.17, 15) is 63.8 Å². The normalized spacial score (nSPS) is 11.9. The van der Waals surface area contributed by atoms with Gasteiger partial charge < -0.3 is 26.0 Å². The molecule has 0 aliphatic heterocycles. The van der Waals surface area contributed by atoms with Crippen LogP contribution in [0.3, 0.4) is 0 Å². The summed E-state index contributed by atoms with van der Waals surface area (Å²) in [6.07, 6.45) is 0.946. The Balaban J connectivity index is 0.00000462. The molecule has 24 nitrogen and oxygen atoms in total. The Morgan fingerprint density at radius 2 is 1.18 bits per heavy atom. The van der Waals surface area contributed by atoms with Crippen LogP contribution < -0.4 is 104 Å². The van der Waals surface area contributed by atoms with Gasteiger partial charge in [-0.3, -0.25) is 13.7 Å². The molecule has 0 fully saturated rings. The van der Waals surface area contributed by atoms with Crippen molar-refractivity contribution >= 4 is 88.5 Å². The van der Waals surface area contributed by atoms with Crippen molar-refractivity contribution in [1.82, 2.24) is 15.0 Å². The minimum absolute atomic E-state index is 0. The van der Waals surface area contributed by atoms with Gasteiger partial charge in [-0.2, -0.15) is 40.6 Å². The van der Waals surface area contributed by atoms with E-state index in [1.54, 1.807) is 18.2 Å². The number of benzene rings is 4. The maximum absolute atomic E-state index is 12.5. The molecule has 2 aromatic heterocycles. The predicted molar refractivity (Wildman–Crippen MR) is 217 cm³/mol. The number of phenols is 1. The number of aromatic hydroxyl groups is 1. The molecule has 1 atom stereocenters. The summed E-state index contributed by atoms with van der Waals surface area (Å²) >= 11 is 6.26.